The van der Waals surface area contributed by atoms with E-state index in [0.29, 0.717) is 16.8 Å². The van der Waals surface area contributed by atoms with E-state index < -0.39 is 0 Å². The van der Waals surface area contributed by atoms with Crippen molar-refractivity contribution in [2.75, 3.05) is 16.8 Å². The maximum atomic E-state index is 13.2. The molecule has 1 aliphatic carbocycles. The number of amides is 2. The van der Waals surface area contributed by atoms with Crippen molar-refractivity contribution < 1.29 is 9.59 Å². The Kier molecular flexibility index (Phi) is 5.45. The number of carbonyl (C=O) groups is 2. The van der Waals surface area contributed by atoms with Gasteiger partial charge in [0.2, 0.25) is 0 Å². The number of nitrogens with zero attached hydrogens (tertiary/aromatic N) is 1. The highest BCUT2D eigenvalue weighted by atomic mass is 16.2. The van der Waals surface area contributed by atoms with E-state index in [4.69, 9.17) is 0 Å². The Balaban J connectivity index is 1.28. The third-order valence-corrected chi connectivity index (χ3v) is 6.89. The highest BCUT2D eigenvalue weighted by Gasteiger charge is 2.27. The van der Waals surface area contributed by atoms with E-state index in [0.717, 1.165) is 48.8 Å². The van der Waals surface area contributed by atoms with Crippen LogP contribution in [0.25, 0.3) is 10.8 Å². The molecule has 5 heteroatoms. The standard InChI is InChI=1S/C30H27N3O2/c34-29(23-10-9-20-5-1-3-7-22(20)17-23)32-26-13-14-28(27(18-26)30(35)31-25-11-12-25)33-16-15-21-6-2-4-8-24(21)19-33/h1-10,13-14,17-18,25H,11-12,15-16,19H2,(H,31,35)(H,32,34). The summed E-state index contributed by atoms with van der Waals surface area (Å²) in [5.41, 5.74) is 5.37. The van der Waals surface area contributed by atoms with Gasteiger partial charge in [-0.2, -0.15) is 0 Å². The van der Waals surface area contributed by atoms with Crippen LogP contribution in [-0.4, -0.2) is 24.4 Å². The zero-order chi connectivity index (χ0) is 23.8. The van der Waals surface area contributed by atoms with E-state index in [-0.39, 0.29) is 17.9 Å². The molecule has 0 spiro atoms. The second-order valence-electron chi connectivity index (χ2n) is 9.44. The topological polar surface area (TPSA) is 61.4 Å². The number of rotatable bonds is 5. The second-order valence-corrected chi connectivity index (χ2v) is 9.44. The number of carbonyl (C=O) groups excluding carboxylic acids is 2. The van der Waals surface area contributed by atoms with Crippen molar-refractivity contribution in [2.45, 2.75) is 31.8 Å². The molecule has 1 heterocycles. The van der Waals surface area contributed by atoms with Crippen LogP contribution in [0.5, 0.6) is 0 Å². The molecule has 1 fully saturated rings. The molecule has 0 saturated heterocycles. The van der Waals surface area contributed by atoms with E-state index in [1.807, 2.05) is 60.7 Å². The molecule has 5 nitrogen and oxygen atoms in total. The van der Waals surface area contributed by atoms with Crippen LogP contribution in [-0.2, 0) is 13.0 Å². The van der Waals surface area contributed by atoms with Gasteiger partial charge in [-0.05, 0) is 71.5 Å². The number of anilines is 2. The van der Waals surface area contributed by atoms with Gasteiger partial charge in [0.15, 0.2) is 0 Å². The molecule has 0 atom stereocenters. The normalized spacial score (nSPS) is 14.9. The minimum absolute atomic E-state index is 0.0804. The molecule has 35 heavy (non-hydrogen) atoms. The van der Waals surface area contributed by atoms with Gasteiger partial charge in [0, 0.05) is 36.1 Å². The first-order valence-electron chi connectivity index (χ1n) is 12.2. The van der Waals surface area contributed by atoms with Gasteiger partial charge in [-0.3, -0.25) is 9.59 Å². The summed E-state index contributed by atoms with van der Waals surface area (Å²) in [4.78, 5) is 28.5. The molecule has 0 unspecified atom stereocenters. The quantitative estimate of drug-likeness (QED) is 0.410. The van der Waals surface area contributed by atoms with Crippen LogP contribution >= 0.6 is 0 Å². The number of hydrogen-bond donors (Lipinski definition) is 2. The lowest BCUT2D eigenvalue weighted by molar-refractivity contribution is 0.0950. The molecule has 1 saturated carbocycles. The SMILES string of the molecule is O=C(Nc1ccc(N2CCc3ccccc3C2)c(C(=O)NC2CC2)c1)c1ccc2ccccc2c1. The summed E-state index contributed by atoms with van der Waals surface area (Å²) < 4.78 is 0. The highest BCUT2D eigenvalue weighted by Crippen LogP contribution is 2.31. The van der Waals surface area contributed by atoms with Gasteiger partial charge in [0.1, 0.15) is 0 Å². The van der Waals surface area contributed by atoms with Crippen molar-refractivity contribution in [2.24, 2.45) is 0 Å². The average Bonchev–Trinajstić information content (AvgIpc) is 3.72. The van der Waals surface area contributed by atoms with Crippen molar-refractivity contribution >= 4 is 34.0 Å². The Morgan fingerprint density at radius 3 is 2.37 bits per heavy atom. The fourth-order valence-electron chi connectivity index (χ4n) is 4.80. The van der Waals surface area contributed by atoms with Gasteiger partial charge in [-0.1, -0.05) is 54.6 Å². The minimum Gasteiger partial charge on any atom is -0.366 e. The Bertz CT molecular complexity index is 1440. The minimum atomic E-state index is -0.191. The summed E-state index contributed by atoms with van der Waals surface area (Å²) in [5, 5.41) is 8.23. The van der Waals surface area contributed by atoms with Gasteiger partial charge >= 0.3 is 0 Å². The van der Waals surface area contributed by atoms with Gasteiger partial charge in [-0.25, -0.2) is 0 Å². The number of hydrogen-bond acceptors (Lipinski definition) is 3. The van der Waals surface area contributed by atoms with Crippen molar-refractivity contribution in [1.29, 1.82) is 0 Å². The number of benzene rings is 4. The van der Waals surface area contributed by atoms with E-state index >= 15 is 0 Å². The Labute approximate surface area is 204 Å². The van der Waals surface area contributed by atoms with Crippen LogP contribution in [0.1, 0.15) is 44.7 Å². The molecule has 2 amide bonds. The molecule has 0 radical (unpaired) electrons. The summed E-state index contributed by atoms with van der Waals surface area (Å²) in [7, 11) is 0. The summed E-state index contributed by atoms with van der Waals surface area (Å²) in [6.07, 6.45) is 2.99. The molecule has 2 aliphatic rings. The van der Waals surface area contributed by atoms with Crippen molar-refractivity contribution in [1.82, 2.24) is 5.32 Å². The summed E-state index contributed by atoms with van der Waals surface area (Å²) in [6, 6.07) is 28.1. The van der Waals surface area contributed by atoms with Crippen LogP contribution in [0.15, 0.2) is 84.9 Å². The molecule has 4 aromatic rings. The molecule has 174 valence electrons. The molecule has 0 aromatic heterocycles. The van der Waals surface area contributed by atoms with Gasteiger partial charge in [-0.15, -0.1) is 0 Å². The lowest BCUT2D eigenvalue weighted by Gasteiger charge is -2.32. The lowest BCUT2D eigenvalue weighted by atomic mass is 9.98. The molecule has 2 N–H and O–H groups in total. The Morgan fingerprint density at radius 2 is 1.54 bits per heavy atom. The number of nitrogens with one attached hydrogen (secondary N) is 2. The molecule has 4 aromatic carbocycles. The van der Waals surface area contributed by atoms with Gasteiger partial charge < -0.3 is 15.5 Å². The van der Waals surface area contributed by atoms with Crippen molar-refractivity contribution in [3.05, 3.63) is 107 Å². The molecule has 6 rings (SSSR count). The van der Waals surface area contributed by atoms with Crippen LogP contribution in [0.4, 0.5) is 11.4 Å². The average molecular weight is 462 g/mol. The lowest BCUT2D eigenvalue weighted by Crippen LogP contribution is -2.33. The summed E-state index contributed by atoms with van der Waals surface area (Å²) in [6.45, 7) is 1.62. The number of fused-ring (bicyclic) bond motifs is 2. The molecule has 0 bridgehead atoms. The van der Waals surface area contributed by atoms with Crippen molar-refractivity contribution in [3.8, 4) is 0 Å². The largest absolute Gasteiger partial charge is 0.366 e. The third kappa shape index (κ3) is 4.50. The fraction of sp³-hybridized carbons (Fsp3) is 0.200. The van der Waals surface area contributed by atoms with Crippen LogP contribution in [0, 0.1) is 0 Å². The zero-order valence-corrected chi connectivity index (χ0v) is 19.5. The zero-order valence-electron chi connectivity index (χ0n) is 19.5. The van der Waals surface area contributed by atoms with Gasteiger partial charge in [0.05, 0.1) is 5.56 Å². The van der Waals surface area contributed by atoms with Crippen molar-refractivity contribution in [3.63, 3.8) is 0 Å². The first-order chi connectivity index (χ1) is 17.1. The Morgan fingerprint density at radius 1 is 0.771 bits per heavy atom. The highest BCUT2D eigenvalue weighted by molar-refractivity contribution is 6.08. The summed E-state index contributed by atoms with van der Waals surface area (Å²) >= 11 is 0. The predicted octanol–water partition coefficient (Wildman–Crippen LogP) is 5.55. The molecular weight excluding hydrogens is 434 g/mol. The van der Waals surface area contributed by atoms with Crippen LogP contribution in [0.2, 0.25) is 0 Å². The smallest absolute Gasteiger partial charge is 0.255 e. The molecular formula is C30H27N3O2. The predicted molar refractivity (Wildman–Crippen MR) is 140 cm³/mol. The first kappa shape index (κ1) is 21.4. The maximum absolute atomic E-state index is 13.2. The second kappa shape index (κ2) is 8.91. The summed E-state index contributed by atoms with van der Waals surface area (Å²) in [5.74, 6) is -0.271. The third-order valence-electron chi connectivity index (χ3n) is 6.89. The van der Waals surface area contributed by atoms with Gasteiger partial charge in [0.25, 0.3) is 11.8 Å². The van der Waals surface area contributed by atoms with Crippen LogP contribution < -0.4 is 15.5 Å². The Hall–Kier alpha value is -4.12. The molecule has 1 aliphatic heterocycles. The first-order valence-corrected chi connectivity index (χ1v) is 12.2. The van der Waals surface area contributed by atoms with E-state index in [1.165, 1.54) is 11.1 Å². The fourth-order valence-corrected chi connectivity index (χ4v) is 4.80. The van der Waals surface area contributed by atoms with E-state index in [1.54, 1.807) is 0 Å². The monoisotopic (exact) mass is 461 g/mol. The van der Waals surface area contributed by atoms with E-state index in [2.05, 4.69) is 39.8 Å². The maximum Gasteiger partial charge on any atom is 0.255 e. The van der Waals surface area contributed by atoms with Crippen LogP contribution in [0.3, 0.4) is 0 Å². The van der Waals surface area contributed by atoms with E-state index in [9.17, 15) is 9.59 Å².